The molecule has 1 aromatic heterocycles. The van der Waals surface area contributed by atoms with E-state index in [1.165, 1.54) is 11.8 Å². The van der Waals surface area contributed by atoms with E-state index in [0.29, 0.717) is 11.3 Å². The zero-order valence-electron chi connectivity index (χ0n) is 11.4. The molecule has 0 saturated heterocycles. The molecule has 0 bridgehead atoms. The van der Waals surface area contributed by atoms with E-state index < -0.39 is 0 Å². The van der Waals surface area contributed by atoms with Gasteiger partial charge in [0.05, 0.1) is 11.8 Å². The average Bonchev–Trinajstić information content (AvgIpc) is 2.38. The molecule has 0 saturated carbocycles. The maximum atomic E-state index is 12.0. The molecule has 3 nitrogen and oxygen atoms in total. The number of carbonyl (C=O) groups excluding carboxylic acids is 1. The van der Waals surface area contributed by atoms with Gasteiger partial charge in [0.2, 0.25) is 0 Å². The average molecular weight is 255 g/mol. The number of aromatic nitrogens is 1. The van der Waals surface area contributed by atoms with E-state index in [-0.39, 0.29) is 5.97 Å². The predicted octanol–water partition coefficient (Wildman–Crippen LogP) is 3.48. The highest BCUT2D eigenvalue weighted by molar-refractivity contribution is 5.91. The molecule has 0 aliphatic rings. The number of ether oxygens (including phenoxy) is 1. The van der Waals surface area contributed by atoms with E-state index in [9.17, 15) is 4.79 Å². The van der Waals surface area contributed by atoms with E-state index in [4.69, 9.17) is 4.74 Å². The third-order valence-electron chi connectivity index (χ3n) is 3.02. The number of esters is 1. The Labute approximate surface area is 113 Å². The zero-order valence-corrected chi connectivity index (χ0v) is 11.4. The van der Waals surface area contributed by atoms with Crippen molar-refractivity contribution in [2.45, 2.75) is 27.2 Å². The zero-order chi connectivity index (χ0) is 13.8. The van der Waals surface area contributed by atoms with Gasteiger partial charge in [0, 0.05) is 6.20 Å². The summed E-state index contributed by atoms with van der Waals surface area (Å²) in [6, 6.07) is 7.43. The molecule has 0 amide bonds. The standard InChI is InChI=1S/C16H17NO2/c1-4-13-5-6-14(8-12(13)3)16(18)19-15-7-11(2)9-17-10-15/h5-10H,4H2,1-3H3. The van der Waals surface area contributed by atoms with Gasteiger partial charge in [-0.3, -0.25) is 4.98 Å². The Morgan fingerprint density at radius 1 is 1.21 bits per heavy atom. The highest BCUT2D eigenvalue weighted by Crippen LogP contribution is 2.16. The van der Waals surface area contributed by atoms with Crippen molar-refractivity contribution in [2.24, 2.45) is 0 Å². The normalized spacial score (nSPS) is 10.3. The van der Waals surface area contributed by atoms with Gasteiger partial charge in [0.25, 0.3) is 0 Å². The minimum Gasteiger partial charge on any atom is -0.421 e. The van der Waals surface area contributed by atoms with Crippen molar-refractivity contribution in [1.29, 1.82) is 0 Å². The van der Waals surface area contributed by atoms with Crippen LogP contribution in [0, 0.1) is 13.8 Å². The van der Waals surface area contributed by atoms with E-state index in [2.05, 4.69) is 11.9 Å². The van der Waals surface area contributed by atoms with Crippen LogP contribution >= 0.6 is 0 Å². The number of nitrogens with zero attached hydrogens (tertiary/aromatic N) is 1. The first-order valence-electron chi connectivity index (χ1n) is 6.33. The van der Waals surface area contributed by atoms with Crippen molar-refractivity contribution in [3.8, 4) is 5.75 Å². The molecule has 1 heterocycles. The highest BCUT2D eigenvalue weighted by Gasteiger charge is 2.10. The Hall–Kier alpha value is -2.16. The van der Waals surface area contributed by atoms with Gasteiger partial charge in [0.15, 0.2) is 0 Å². The lowest BCUT2D eigenvalue weighted by atomic mass is 10.0. The number of hydrogen-bond donors (Lipinski definition) is 0. The summed E-state index contributed by atoms with van der Waals surface area (Å²) in [6.07, 6.45) is 4.22. The van der Waals surface area contributed by atoms with Crippen LogP contribution in [-0.4, -0.2) is 11.0 Å². The fraction of sp³-hybridized carbons (Fsp3) is 0.250. The summed E-state index contributed by atoms with van der Waals surface area (Å²) in [7, 11) is 0. The molecule has 1 aromatic carbocycles. The summed E-state index contributed by atoms with van der Waals surface area (Å²) in [6.45, 7) is 6.01. The minimum absolute atomic E-state index is 0.349. The summed E-state index contributed by atoms with van der Waals surface area (Å²) in [5, 5.41) is 0. The fourth-order valence-electron chi connectivity index (χ4n) is 1.97. The molecule has 3 heteroatoms. The number of hydrogen-bond acceptors (Lipinski definition) is 3. The fourth-order valence-corrected chi connectivity index (χ4v) is 1.97. The lowest BCUT2D eigenvalue weighted by Gasteiger charge is -2.07. The molecule has 98 valence electrons. The number of rotatable bonds is 3. The molecule has 0 aliphatic heterocycles. The van der Waals surface area contributed by atoms with Crippen molar-refractivity contribution < 1.29 is 9.53 Å². The minimum atomic E-state index is -0.349. The second-order valence-electron chi connectivity index (χ2n) is 4.58. The molecule has 0 aliphatic carbocycles. The van der Waals surface area contributed by atoms with Gasteiger partial charge in [-0.05, 0) is 55.2 Å². The predicted molar refractivity (Wildman–Crippen MR) is 74.5 cm³/mol. The lowest BCUT2D eigenvalue weighted by Crippen LogP contribution is -2.09. The molecule has 0 fully saturated rings. The Morgan fingerprint density at radius 3 is 2.63 bits per heavy atom. The maximum Gasteiger partial charge on any atom is 0.343 e. The summed E-state index contributed by atoms with van der Waals surface area (Å²) in [4.78, 5) is 16.0. The summed E-state index contributed by atoms with van der Waals surface area (Å²) in [5.41, 5.74) is 3.88. The Kier molecular flexibility index (Phi) is 3.95. The Morgan fingerprint density at radius 2 is 2.00 bits per heavy atom. The summed E-state index contributed by atoms with van der Waals surface area (Å²) < 4.78 is 5.31. The van der Waals surface area contributed by atoms with Crippen molar-refractivity contribution in [3.63, 3.8) is 0 Å². The largest absolute Gasteiger partial charge is 0.421 e. The lowest BCUT2D eigenvalue weighted by molar-refractivity contribution is 0.0734. The molecule has 0 atom stereocenters. The number of pyridine rings is 1. The topological polar surface area (TPSA) is 39.2 Å². The third kappa shape index (κ3) is 3.19. The van der Waals surface area contributed by atoms with Crippen molar-refractivity contribution in [2.75, 3.05) is 0 Å². The third-order valence-corrected chi connectivity index (χ3v) is 3.02. The van der Waals surface area contributed by atoms with Gasteiger partial charge in [-0.25, -0.2) is 4.79 Å². The number of carbonyl (C=O) groups is 1. The second-order valence-corrected chi connectivity index (χ2v) is 4.58. The van der Waals surface area contributed by atoms with Crippen LogP contribution in [0.25, 0.3) is 0 Å². The van der Waals surface area contributed by atoms with Gasteiger partial charge >= 0.3 is 5.97 Å². The molecule has 0 radical (unpaired) electrons. The highest BCUT2D eigenvalue weighted by atomic mass is 16.5. The van der Waals surface area contributed by atoms with E-state index in [1.807, 2.05) is 26.0 Å². The second kappa shape index (κ2) is 5.65. The van der Waals surface area contributed by atoms with Gasteiger partial charge in [-0.15, -0.1) is 0 Å². The van der Waals surface area contributed by atoms with Crippen LogP contribution in [-0.2, 0) is 6.42 Å². The maximum absolute atomic E-state index is 12.0. The van der Waals surface area contributed by atoms with Crippen molar-refractivity contribution >= 4 is 5.97 Å². The van der Waals surface area contributed by atoms with Crippen LogP contribution in [0.15, 0.2) is 36.7 Å². The smallest absolute Gasteiger partial charge is 0.343 e. The Bertz CT molecular complexity index is 605. The van der Waals surface area contributed by atoms with Crippen LogP contribution < -0.4 is 4.74 Å². The van der Waals surface area contributed by atoms with Gasteiger partial charge < -0.3 is 4.74 Å². The molecule has 19 heavy (non-hydrogen) atoms. The van der Waals surface area contributed by atoms with Gasteiger partial charge in [-0.2, -0.15) is 0 Å². The van der Waals surface area contributed by atoms with Crippen LogP contribution in [0.1, 0.15) is 34.0 Å². The van der Waals surface area contributed by atoms with Gasteiger partial charge in [0.1, 0.15) is 5.75 Å². The van der Waals surface area contributed by atoms with Crippen LogP contribution in [0.5, 0.6) is 5.75 Å². The van der Waals surface area contributed by atoms with E-state index in [1.54, 1.807) is 18.3 Å². The Balaban J connectivity index is 2.18. The summed E-state index contributed by atoms with van der Waals surface area (Å²) in [5.74, 6) is 0.125. The van der Waals surface area contributed by atoms with E-state index >= 15 is 0 Å². The molecule has 0 N–H and O–H groups in total. The molecular formula is C16H17NO2. The molecule has 2 aromatic rings. The van der Waals surface area contributed by atoms with Crippen LogP contribution in [0.3, 0.4) is 0 Å². The SMILES string of the molecule is CCc1ccc(C(=O)Oc2cncc(C)c2)cc1C. The first-order chi connectivity index (χ1) is 9.10. The van der Waals surface area contributed by atoms with E-state index in [0.717, 1.165) is 17.5 Å². The molecular weight excluding hydrogens is 238 g/mol. The molecule has 0 spiro atoms. The molecule has 0 unspecified atom stereocenters. The first kappa shape index (κ1) is 13.3. The van der Waals surface area contributed by atoms with Crippen LogP contribution in [0.2, 0.25) is 0 Å². The van der Waals surface area contributed by atoms with Crippen LogP contribution in [0.4, 0.5) is 0 Å². The van der Waals surface area contributed by atoms with Crippen molar-refractivity contribution in [1.82, 2.24) is 4.98 Å². The first-order valence-corrected chi connectivity index (χ1v) is 6.33. The van der Waals surface area contributed by atoms with Gasteiger partial charge in [-0.1, -0.05) is 13.0 Å². The quantitative estimate of drug-likeness (QED) is 0.788. The number of aryl methyl sites for hydroxylation is 3. The molecule has 2 rings (SSSR count). The van der Waals surface area contributed by atoms with Crippen molar-refractivity contribution in [3.05, 3.63) is 58.9 Å². The monoisotopic (exact) mass is 255 g/mol. The number of benzene rings is 1. The summed E-state index contributed by atoms with van der Waals surface area (Å²) >= 11 is 0.